The van der Waals surface area contributed by atoms with Crippen molar-refractivity contribution < 1.29 is 14.3 Å². The second-order valence-electron chi connectivity index (χ2n) is 5.99. The summed E-state index contributed by atoms with van der Waals surface area (Å²) in [6.45, 7) is 6.39. The van der Waals surface area contributed by atoms with Crippen LogP contribution in [0.2, 0.25) is 5.02 Å². The third-order valence-electron chi connectivity index (χ3n) is 4.12. The number of nitrogens with one attached hydrogen (secondary N) is 1. The average molecular weight is 511 g/mol. The van der Waals surface area contributed by atoms with E-state index in [2.05, 4.69) is 10.3 Å². The Kier molecular flexibility index (Phi) is 10.6. The van der Waals surface area contributed by atoms with E-state index >= 15 is 0 Å². The van der Waals surface area contributed by atoms with Gasteiger partial charge in [0.15, 0.2) is 5.96 Å². The molecule has 152 valence electrons. The lowest BCUT2D eigenvalue weighted by molar-refractivity contribution is 0.0963. The Labute approximate surface area is 182 Å². The molecule has 0 radical (unpaired) electrons. The minimum absolute atomic E-state index is 0. The van der Waals surface area contributed by atoms with Crippen LogP contribution in [0.3, 0.4) is 0 Å². The van der Waals surface area contributed by atoms with Gasteiger partial charge in [-0.25, -0.2) is 9.79 Å². The number of likely N-dealkylation sites (tertiary alicyclic amines) is 1. The highest BCUT2D eigenvalue weighted by Crippen LogP contribution is 2.24. The molecule has 1 aromatic rings. The molecule has 0 saturated carbocycles. The lowest BCUT2D eigenvalue weighted by Crippen LogP contribution is -2.48. The maximum atomic E-state index is 11.7. The van der Waals surface area contributed by atoms with Gasteiger partial charge in [-0.2, -0.15) is 0 Å². The maximum absolute atomic E-state index is 11.7. The van der Waals surface area contributed by atoms with Gasteiger partial charge in [-0.05, 0) is 38.8 Å². The van der Waals surface area contributed by atoms with E-state index in [4.69, 9.17) is 26.8 Å². The maximum Gasteiger partial charge on any atom is 0.409 e. The molecule has 27 heavy (non-hydrogen) atoms. The molecule has 3 N–H and O–H groups in total. The number of nitrogens with two attached hydrogens (primary N) is 1. The molecule has 1 aliphatic rings. The van der Waals surface area contributed by atoms with Gasteiger partial charge in [0.25, 0.3) is 0 Å². The Morgan fingerprint density at radius 1 is 1.33 bits per heavy atom. The number of amides is 1. The molecule has 1 aliphatic heterocycles. The van der Waals surface area contributed by atoms with Crippen LogP contribution < -0.4 is 15.8 Å². The number of halogens is 2. The molecule has 0 spiro atoms. The summed E-state index contributed by atoms with van der Waals surface area (Å²) in [5, 5.41) is 3.85. The number of carbonyl (C=O) groups excluding carboxylic acids is 1. The summed E-state index contributed by atoms with van der Waals surface area (Å²) < 4.78 is 10.6. The van der Waals surface area contributed by atoms with Gasteiger partial charge in [0.2, 0.25) is 0 Å². The van der Waals surface area contributed by atoms with Crippen LogP contribution >= 0.6 is 35.6 Å². The topological polar surface area (TPSA) is 89.2 Å². The van der Waals surface area contributed by atoms with E-state index < -0.39 is 0 Å². The smallest absolute Gasteiger partial charge is 0.409 e. The van der Waals surface area contributed by atoms with Gasteiger partial charge in [0, 0.05) is 29.7 Å². The predicted molar refractivity (Wildman–Crippen MR) is 118 cm³/mol. The Hall–Kier alpha value is -1.42. The summed E-state index contributed by atoms with van der Waals surface area (Å²) in [6.07, 6.45) is 1.36. The van der Waals surface area contributed by atoms with Gasteiger partial charge < -0.3 is 25.4 Å². The molecule has 1 saturated heterocycles. The number of piperidine rings is 1. The number of aliphatic imine (C=N–C) groups is 1. The standard InChI is InChI=1S/C18H27ClN4O3.HI/c1-3-25-16-11-14(19)6-5-13(16)12-21-17(20)22-15-7-9-23(10-8-15)18(24)26-4-2;/h5-6,11,15H,3-4,7-10,12H2,1-2H3,(H3,20,21,22);1H. The fourth-order valence-corrected chi connectivity index (χ4v) is 2.96. The zero-order valence-corrected chi connectivity index (χ0v) is 18.8. The van der Waals surface area contributed by atoms with Crippen LogP contribution in [0.25, 0.3) is 0 Å². The Bertz CT molecular complexity index is 637. The molecule has 0 unspecified atom stereocenters. The molecule has 0 atom stereocenters. The number of carbonyl (C=O) groups is 1. The first-order chi connectivity index (χ1) is 12.5. The average Bonchev–Trinajstić information content (AvgIpc) is 2.62. The monoisotopic (exact) mass is 510 g/mol. The van der Waals surface area contributed by atoms with Gasteiger partial charge in [-0.1, -0.05) is 17.7 Å². The van der Waals surface area contributed by atoms with Crippen LogP contribution in [0, 0.1) is 0 Å². The molecule has 7 nitrogen and oxygen atoms in total. The number of hydrogen-bond acceptors (Lipinski definition) is 4. The van der Waals surface area contributed by atoms with Crippen LogP contribution in [-0.4, -0.2) is 49.3 Å². The largest absolute Gasteiger partial charge is 0.493 e. The van der Waals surface area contributed by atoms with Crippen LogP contribution in [0.1, 0.15) is 32.3 Å². The van der Waals surface area contributed by atoms with Crippen molar-refractivity contribution in [1.82, 2.24) is 10.2 Å². The molecular formula is C18H28ClIN4O3. The minimum Gasteiger partial charge on any atom is -0.493 e. The molecule has 1 heterocycles. The van der Waals surface area contributed by atoms with E-state index in [0.29, 0.717) is 43.8 Å². The van der Waals surface area contributed by atoms with Gasteiger partial charge in [-0.15, -0.1) is 24.0 Å². The lowest BCUT2D eigenvalue weighted by atomic mass is 10.1. The molecule has 1 aromatic carbocycles. The highest BCUT2D eigenvalue weighted by molar-refractivity contribution is 14.0. The van der Waals surface area contributed by atoms with Crippen LogP contribution in [-0.2, 0) is 11.3 Å². The van der Waals surface area contributed by atoms with E-state index in [-0.39, 0.29) is 36.1 Å². The Balaban J connectivity index is 0.00000364. The zero-order chi connectivity index (χ0) is 18.9. The number of benzene rings is 1. The summed E-state index contributed by atoms with van der Waals surface area (Å²) in [5.74, 6) is 1.11. The van der Waals surface area contributed by atoms with Crippen molar-refractivity contribution in [1.29, 1.82) is 0 Å². The summed E-state index contributed by atoms with van der Waals surface area (Å²) in [6, 6.07) is 5.68. The first kappa shape index (κ1) is 23.6. The number of guanidine groups is 1. The van der Waals surface area contributed by atoms with Gasteiger partial charge in [-0.3, -0.25) is 0 Å². The quantitative estimate of drug-likeness (QED) is 0.348. The molecule has 1 fully saturated rings. The second kappa shape index (κ2) is 12.1. The molecule has 1 amide bonds. The van der Waals surface area contributed by atoms with Crippen molar-refractivity contribution in [3.63, 3.8) is 0 Å². The van der Waals surface area contributed by atoms with Gasteiger partial charge in [0.05, 0.1) is 19.8 Å². The van der Waals surface area contributed by atoms with Crippen molar-refractivity contribution in [2.24, 2.45) is 10.7 Å². The van der Waals surface area contributed by atoms with Crippen molar-refractivity contribution >= 4 is 47.6 Å². The fraction of sp³-hybridized carbons (Fsp3) is 0.556. The minimum atomic E-state index is -0.251. The number of ether oxygens (including phenoxy) is 2. The van der Waals surface area contributed by atoms with Gasteiger partial charge >= 0.3 is 6.09 Å². The van der Waals surface area contributed by atoms with E-state index in [1.807, 2.05) is 19.1 Å². The van der Waals surface area contributed by atoms with Crippen molar-refractivity contribution in [2.75, 3.05) is 26.3 Å². The summed E-state index contributed by atoms with van der Waals surface area (Å²) in [7, 11) is 0. The van der Waals surface area contributed by atoms with Crippen molar-refractivity contribution in [3.8, 4) is 5.75 Å². The molecular weight excluding hydrogens is 483 g/mol. The number of nitrogens with zero attached hydrogens (tertiary/aromatic N) is 2. The Morgan fingerprint density at radius 2 is 2.04 bits per heavy atom. The SMILES string of the molecule is CCOC(=O)N1CCC(NC(N)=NCc2ccc(Cl)cc2OCC)CC1.I. The second-order valence-corrected chi connectivity index (χ2v) is 6.43. The number of rotatable bonds is 6. The third-order valence-corrected chi connectivity index (χ3v) is 4.36. The summed E-state index contributed by atoms with van der Waals surface area (Å²) >= 11 is 6.01. The first-order valence-corrected chi connectivity index (χ1v) is 9.30. The third kappa shape index (κ3) is 7.61. The van der Waals surface area contributed by atoms with Crippen LogP contribution in [0.4, 0.5) is 4.79 Å². The molecule has 0 bridgehead atoms. The van der Waals surface area contributed by atoms with Gasteiger partial charge in [0.1, 0.15) is 5.75 Å². The van der Waals surface area contributed by atoms with E-state index in [1.54, 1.807) is 17.9 Å². The highest BCUT2D eigenvalue weighted by atomic mass is 127. The molecule has 9 heteroatoms. The fourth-order valence-electron chi connectivity index (χ4n) is 2.80. The van der Waals surface area contributed by atoms with Crippen molar-refractivity contribution in [2.45, 2.75) is 39.3 Å². The molecule has 0 aliphatic carbocycles. The van der Waals surface area contributed by atoms with E-state index in [9.17, 15) is 4.79 Å². The Morgan fingerprint density at radius 3 is 2.67 bits per heavy atom. The van der Waals surface area contributed by atoms with Crippen molar-refractivity contribution in [3.05, 3.63) is 28.8 Å². The molecule has 0 aromatic heterocycles. The van der Waals surface area contributed by atoms with E-state index in [1.165, 1.54) is 0 Å². The van der Waals surface area contributed by atoms with Crippen LogP contribution in [0.5, 0.6) is 5.75 Å². The summed E-state index contributed by atoms with van der Waals surface area (Å²) in [5.41, 5.74) is 6.94. The van der Waals surface area contributed by atoms with Crippen LogP contribution in [0.15, 0.2) is 23.2 Å². The summed E-state index contributed by atoms with van der Waals surface area (Å²) in [4.78, 5) is 17.8. The normalized spacial score (nSPS) is 15.1. The molecule has 2 rings (SSSR count). The lowest BCUT2D eigenvalue weighted by Gasteiger charge is -2.31. The predicted octanol–water partition coefficient (Wildman–Crippen LogP) is 3.38. The highest BCUT2D eigenvalue weighted by Gasteiger charge is 2.23. The zero-order valence-electron chi connectivity index (χ0n) is 15.7. The first-order valence-electron chi connectivity index (χ1n) is 8.92. The number of hydrogen-bond donors (Lipinski definition) is 2. The van der Waals surface area contributed by atoms with E-state index in [0.717, 1.165) is 24.2 Å².